The van der Waals surface area contributed by atoms with E-state index in [1.165, 1.54) is 23.9 Å². The molecule has 0 aromatic heterocycles. The predicted molar refractivity (Wildman–Crippen MR) is 42.6 cm³/mol. The minimum absolute atomic E-state index is 0.237. The molecule has 1 rings (SSSR count). The number of anilines is 1. The molecule has 0 saturated carbocycles. The average molecular weight is 157 g/mol. The van der Waals surface area contributed by atoms with Crippen molar-refractivity contribution in [2.75, 3.05) is 12.0 Å². The van der Waals surface area contributed by atoms with Crippen LogP contribution in [0.3, 0.4) is 0 Å². The summed E-state index contributed by atoms with van der Waals surface area (Å²) in [6, 6.07) is 4.36. The van der Waals surface area contributed by atoms with Crippen molar-refractivity contribution in [1.82, 2.24) is 0 Å². The number of thioether (sulfide) groups is 1. The van der Waals surface area contributed by atoms with Crippen molar-refractivity contribution in [3.05, 3.63) is 24.0 Å². The molecule has 0 amide bonds. The molecule has 1 nitrogen and oxygen atoms in total. The monoisotopic (exact) mass is 157 g/mol. The van der Waals surface area contributed by atoms with Gasteiger partial charge in [-0.1, -0.05) is 0 Å². The van der Waals surface area contributed by atoms with Gasteiger partial charge in [0, 0.05) is 10.6 Å². The van der Waals surface area contributed by atoms with Crippen molar-refractivity contribution in [2.24, 2.45) is 0 Å². The Kier molecular flexibility index (Phi) is 2.17. The Hall–Kier alpha value is -0.700. The fourth-order valence-corrected chi connectivity index (χ4v) is 1.22. The third kappa shape index (κ3) is 1.42. The lowest BCUT2D eigenvalue weighted by molar-refractivity contribution is 0.624. The first-order valence-corrected chi connectivity index (χ1v) is 4.05. The highest BCUT2D eigenvalue weighted by Crippen LogP contribution is 2.22. The van der Waals surface area contributed by atoms with E-state index >= 15 is 0 Å². The van der Waals surface area contributed by atoms with Crippen LogP contribution in [0, 0.1) is 5.82 Å². The molecule has 0 aliphatic heterocycles. The molecular weight excluding hydrogens is 149 g/mol. The van der Waals surface area contributed by atoms with Crippen LogP contribution in [0.5, 0.6) is 0 Å². The molecule has 54 valence electrons. The zero-order valence-corrected chi connectivity index (χ0v) is 6.41. The number of nitrogens with two attached hydrogens (primary N) is 1. The Bertz CT molecular complexity index is 237. The van der Waals surface area contributed by atoms with E-state index in [4.69, 9.17) is 5.73 Å². The second-order valence-corrected chi connectivity index (χ2v) is 2.73. The lowest BCUT2D eigenvalue weighted by Gasteiger charge is -1.99. The summed E-state index contributed by atoms with van der Waals surface area (Å²) in [7, 11) is 0. The first-order valence-electron chi connectivity index (χ1n) is 2.83. The van der Waals surface area contributed by atoms with Crippen LogP contribution in [-0.4, -0.2) is 6.26 Å². The van der Waals surface area contributed by atoms with Crippen LogP contribution in [0.15, 0.2) is 23.1 Å². The Morgan fingerprint density at radius 2 is 2.20 bits per heavy atom. The quantitative estimate of drug-likeness (QED) is 0.499. The largest absolute Gasteiger partial charge is 0.398 e. The van der Waals surface area contributed by atoms with Gasteiger partial charge in [-0.15, -0.1) is 11.8 Å². The van der Waals surface area contributed by atoms with Gasteiger partial charge in [0.1, 0.15) is 5.82 Å². The van der Waals surface area contributed by atoms with Gasteiger partial charge < -0.3 is 5.73 Å². The van der Waals surface area contributed by atoms with E-state index < -0.39 is 0 Å². The van der Waals surface area contributed by atoms with Gasteiger partial charge in [-0.05, 0) is 24.5 Å². The SMILES string of the molecule is CSc1cc(F)ccc1N. The highest BCUT2D eigenvalue weighted by molar-refractivity contribution is 7.98. The first-order chi connectivity index (χ1) is 4.74. The molecule has 0 spiro atoms. The van der Waals surface area contributed by atoms with Gasteiger partial charge in [-0.3, -0.25) is 0 Å². The molecule has 0 atom stereocenters. The van der Waals surface area contributed by atoms with Crippen molar-refractivity contribution in [3.63, 3.8) is 0 Å². The van der Waals surface area contributed by atoms with Gasteiger partial charge in [0.2, 0.25) is 0 Å². The lowest BCUT2D eigenvalue weighted by atomic mass is 10.3. The van der Waals surface area contributed by atoms with Crippen molar-refractivity contribution in [3.8, 4) is 0 Å². The summed E-state index contributed by atoms with van der Waals surface area (Å²) in [6.07, 6.45) is 1.87. The standard InChI is InChI=1S/C7H8FNS/c1-10-7-4-5(8)2-3-6(7)9/h2-4H,9H2,1H3. The van der Waals surface area contributed by atoms with Gasteiger partial charge in [-0.2, -0.15) is 0 Å². The predicted octanol–water partition coefficient (Wildman–Crippen LogP) is 2.13. The normalized spacial score (nSPS) is 9.80. The molecule has 2 N–H and O–H groups in total. The van der Waals surface area contributed by atoms with Crippen molar-refractivity contribution in [2.45, 2.75) is 4.90 Å². The van der Waals surface area contributed by atoms with E-state index in [0.717, 1.165) is 4.90 Å². The van der Waals surface area contributed by atoms with Crippen molar-refractivity contribution >= 4 is 17.4 Å². The summed E-state index contributed by atoms with van der Waals surface area (Å²) in [6.45, 7) is 0. The molecule has 0 fully saturated rings. The summed E-state index contributed by atoms with van der Waals surface area (Å²) in [5, 5.41) is 0. The van der Waals surface area contributed by atoms with Crippen LogP contribution < -0.4 is 5.73 Å². The van der Waals surface area contributed by atoms with Crippen LogP contribution in [0.1, 0.15) is 0 Å². The Balaban J connectivity index is 3.09. The molecule has 0 heterocycles. The van der Waals surface area contributed by atoms with Gasteiger partial charge >= 0.3 is 0 Å². The van der Waals surface area contributed by atoms with E-state index in [-0.39, 0.29) is 5.82 Å². The van der Waals surface area contributed by atoms with Crippen LogP contribution in [0.25, 0.3) is 0 Å². The van der Waals surface area contributed by atoms with Crippen LogP contribution in [0.4, 0.5) is 10.1 Å². The highest BCUT2D eigenvalue weighted by Gasteiger charge is 1.97. The molecule has 1 aromatic carbocycles. The minimum Gasteiger partial charge on any atom is -0.398 e. The summed E-state index contributed by atoms with van der Waals surface area (Å²) >= 11 is 1.44. The second kappa shape index (κ2) is 2.92. The maximum absolute atomic E-state index is 12.5. The highest BCUT2D eigenvalue weighted by atomic mass is 32.2. The second-order valence-electron chi connectivity index (χ2n) is 1.89. The summed E-state index contributed by atoms with van der Waals surface area (Å²) in [5.74, 6) is -0.237. The third-order valence-electron chi connectivity index (χ3n) is 1.20. The molecule has 10 heavy (non-hydrogen) atoms. The number of hydrogen-bond acceptors (Lipinski definition) is 2. The number of rotatable bonds is 1. The number of nitrogen functional groups attached to an aromatic ring is 1. The van der Waals surface area contributed by atoms with E-state index in [9.17, 15) is 4.39 Å². The minimum atomic E-state index is -0.237. The molecule has 0 radical (unpaired) electrons. The van der Waals surface area contributed by atoms with Crippen molar-refractivity contribution in [1.29, 1.82) is 0 Å². The molecular formula is C7H8FNS. The molecule has 0 unspecified atom stereocenters. The Morgan fingerprint density at radius 3 is 2.70 bits per heavy atom. The Labute approximate surface area is 63.4 Å². The van der Waals surface area contributed by atoms with E-state index in [1.807, 2.05) is 6.26 Å². The smallest absolute Gasteiger partial charge is 0.124 e. The topological polar surface area (TPSA) is 26.0 Å². The lowest BCUT2D eigenvalue weighted by Crippen LogP contribution is -1.88. The van der Waals surface area contributed by atoms with Gasteiger partial charge in [-0.25, -0.2) is 4.39 Å². The summed E-state index contributed by atoms with van der Waals surface area (Å²) in [5.41, 5.74) is 6.15. The zero-order valence-electron chi connectivity index (χ0n) is 5.60. The average Bonchev–Trinajstić information content (AvgIpc) is 1.94. The first kappa shape index (κ1) is 7.41. The molecule has 1 aromatic rings. The van der Waals surface area contributed by atoms with Crippen LogP contribution >= 0.6 is 11.8 Å². The number of halogens is 1. The fourth-order valence-electron chi connectivity index (χ4n) is 0.685. The van der Waals surface area contributed by atoms with E-state index in [2.05, 4.69) is 0 Å². The number of hydrogen-bond donors (Lipinski definition) is 1. The van der Waals surface area contributed by atoms with E-state index in [0.29, 0.717) is 5.69 Å². The third-order valence-corrected chi connectivity index (χ3v) is 1.99. The van der Waals surface area contributed by atoms with Gasteiger partial charge in [0.25, 0.3) is 0 Å². The fraction of sp³-hybridized carbons (Fsp3) is 0.143. The molecule has 0 saturated heterocycles. The van der Waals surface area contributed by atoms with Crippen molar-refractivity contribution < 1.29 is 4.39 Å². The summed E-state index contributed by atoms with van der Waals surface area (Å²) < 4.78 is 12.5. The Morgan fingerprint density at radius 1 is 1.50 bits per heavy atom. The van der Waals surface area contributed by atoms with Gasteiger partial charge in [0.05, 0.1) is 0 Å². The molecule has 0 bridgehead atoms. The van der Waals surface area contributed by atoms with Crippen LogP contribution in [-0.2, 0) is 0 Å². The zero-order chi connectivity index (χ0) is 7.56. The maximum atomic E-state index is 12.5. The number of benzene rings is 1. The molecule has 3 heteroatoms. The maximum Gasteiger partial charge on any atom is 0.124 e. The molecule has 0 aliphatic carbocycles. The molecule has 0 aliphatic rings. The summed E-state index contributed by atoms with van der Waals surface area (Å²) in [4.78, 5) is 0.792. The van der Waals surface area contributed by atoms with Crippen LogP contribution in [0.2, 0.25) is 0 Å². The van der Waals surface area contributed by atoms with Gasteiger partial charge in [0.15, 0.2) is 0 Å². The van der Waals surface area contributed by atoms with E-state index in [1.54, 1.807) is 6.07 Å².